The number of aromatic nitrogens is 1. The molecule has 1 aromatic heterocycles. The molecule has 0 aliphatic carbocycles. The molecule has 2 N–H and O–H groups in total. The quantitative estimate of drug-likeness (QED) is 0.588. The summed E-state index contributed by atoms with van der Waals surface area (Å²) in [6.07, 6.45) is 5.48. The van der Waals surface area contributed by atoms with Crippen LogP contribution in [-0.2, 0) is 22.0 Å². The average molecular weight is 282 g/mol. The summed E-state index contributed by atoms with van der Waals surface area (Å²) in [5.74, 6) is 0. The van der Waals surface area contributed by atoms with Crippen molar-refractivity contribution in [2.75, 3.05) is 12.8 Å². The van der Waals surface area contributed by atoms with Gasteiger partial charge in [0.25, 0.3) is 0 Å². The zero-order valence-corrected chi connectivity index (χ0v) is 13.6. The number of hydrogen-bond donors (Lipinski definition) is 1. The number of anilines is 1. The zero-order valence-electron chi connectivity index (χ0n) is 12.5. The standard InChI is InChI=1S/C14H26N2O2Si/c1-5-6-7-11-12(15)8-9-16-13(11)10-14(17-2)18-19(3)4/h8-9,14,19H,5-7,10H2,1-4H3,(H2,15,16). The minimum atomic E-state index is -1.12. The Morgan fingerprint density at radius 1 is 1.42 bits per heavy atom. The van der Waals surface area contributed by atoms with Gasteiger partial charge in [-0.05, 0) is 37.6 Å². The van der Waals surface area contributed by atoms with E-state index in [1.807, 2.05) is 6.07 Å². The number of nitrogens with zero attached hydrogens (tertiary/aromatic N) is 1. The van der Waals surface area contributed by atoms with Crippen molar-refractivity contribution in [1.82, 2.24) is 4.98 Å². The number of ether oxygens (including phenoxy) is 1. The number of rotatable bonds is 8. The minimum Gasteiger partial charge on any atom is -0.398 e. The van der Waals surface area contributed by atoms with Gasteiger partial charge in [0, 0.05) is 25.4 Å². The summed E-state index contributed by atoms with van der Waals surface area (Å²) in [5, 5.41) is 0. The maximum Gasteiger partial charge on any atom is 0.174 e. The van der Waals surface area contributed by atoms with E-state index in [4.69, 9.17) is 14.9 Å². The van der Waals surface area contributed by atoms with Crippen molar-refractivity contribution >= 4 is 14.7 Å². The van der Waals surface area contributed by atoms with Crippen molar-refractivity contribution in [3.05, 3.63) is 23.5 Å². The van der Waals surface area contributed by atoms with E-state index in [2.05, 4.69) is 25.0 Å². The predicted molar refractivity (Wildman–Crippen MR) is 81.7 cm³/mol. The van der Waals surface area contributed by atoms with E-state index >= 15 is 0 Å². The lowest BCUT2D eigenvalue weighted by Gasteiger charge is -2.20. The lowest BCUT2D eigenvalue weighted by molar-refractivity contribution is -0.0545. The van der Waals surface area contributed by atoms with Crippen LogP contribution in [0.2, 0.25) is 13.1 Å². The second-order valence-corrected chi connectivity index (χ2v) is 7.35. The monoisotopic (exact) mass is 282 g/mol. The van der Waals surface area contributed by atoms with Crippen LogP contribution in [0.25, 0.3) is 0 Å². The fourth-order valence-corrected chi connectivity index (χ4v) is 2.83. The van der Waals surface area contributed by atoms with Crippen molar-refractivity contribution in [3.8, 4) is 0 Å². The van der Waals surface area contributed by atoms with Gasteiger partial charge in [-0.15, -0.1) is 0 Å². The Morgan fingerprint density at radius 2 is 2.16 bits per heavy atom. The third-order valence-corrected chi connectivity index (χ3v) is 3.86. The molecule has 5 heteroatoms. The molecule has 1 rings (SSSR count). The van der Waals surface area contributed by atoms with Crippen LogP contribution in [0.4, 0.5) is 5.69 Å². The summed E-state index contributed by atoms with van der Waals surface area (Å²) in [6, 6.07) is 1.87. The van der Waals surface area contributed by atoms with E-state index in [-0.39, 0.29) is 6.29 Å². The molecule has 0 spiro atoms. The molecule has 19 heavy (non-hydrogen) atoms. The highest BCUT2D eigenvalue weighted by Gasteiger charge is 2.16. The molecule has 0 amide bonds. The SMILES string of the molecule is CCCCc1c(N)ccnc1CC(OC)O[SiH](C)C. The Morgan fingerprint density at radius 3 is 2.74 bits per heavy atom. The van der Waals surface area contributed by atoms with Crippen molar-refractivity contribution in [2.24, 2.45) is 0 Å². The molecular formula is C14H26N2O2Si. The molecule has 1 heterocycles. The molecule has 0 aromatic carbocycles. The highest BCUT2D eigenvalue weighted by molar-refractivity contribution is 6.48. The van der Waals surface area contributed by atoms with Crippen molar-refractivity contribution in [3.63, 3.8) is 0 Å². The van der Waals surface area contributed by atoms with E-state index in [9.17, 15) is 0 Å². The zero-order chi connectivity index (χ0) is 14.3. The second-order valence-electron chi connectivity index (χ2n) is 4.98. The normalized spacial score (nSPS) is 12.9. The first-order chi connectivity index (χ1) is 9.08. The molecule has 0 saturated heterocycles. The highest BCUT2D eigenvalue weighted by atomic mass is 28.3. The Hall–Kier alpha value is -0.913. The first kappa shape index (κ1) is 16.1. The third-order valence-electron chi connectivity index (χ3n) is 3.01. The van der Waals surface area contributed by atoms with Gasteiger partial charge in [0.1, 0.15) is 0 Å². The van der Waals surface area contributed by atoms with E-state index in [1.165, 1.54) is 0 Å². The molecule has 4 nitrogen and oxygen atoms in total. The van der Waals surface area contributed by atoms with Crippen LogP contribution in [-0.4, -0.2) is 27.4 Å². The topological polar surface area (TPSA) is 57.4 Å². The van der Waals surface area contributed by atoms with Crippen LogP contribution >= 0.6 is 0 Å². The second kappa shape index (κ2) is 8.30. The van der Waals surface area contributed by atoms with E-state index in [0.29, 0.717) is 6.42 Å². The summed E-state index contributed by atoms with van der Waals surface area (Å²) in [7, 11) is 0.559. The molecule has 1 aromatic rings. The minimum absolute atomic E-state index is 0.207. The fourth-order valence-electron chi connectivity index (χ4n) is 2.02. The number of nitrogens with two attached hydrogens (primary N) is 1. The van der Waals surface area contributed by atoms with Crippen LogP contribution in [0.15, 0.2) is 12.3 Å². The average Bonchev–Trinajstić information content (AvgIpc) is 2.36. The molecule has 1 unspecified atom stereocenters. The van der Waals surface area contributed by atoms with Crippen molar-refractivity contribution in [1.29, 1.82) is 0 Å². The van der Waals surface area contributed by atoms with Crippen molar-refractivity contribution in [2.45, 2.75) is 52.0 Å². The van der Waals surface area contributed by atoms with Gasteiger partial charge < -0.3 is 14.9 Å². The van der Waals surface area contributed by atoms with Gasteiger partial charge in [0.05, 0.1) is 5.69 Å². The number of nitrogen functional groups attached to an aromatic ring is 1. The van der Waals surface area contributed by atoms with E-state index < -0.39 is 9.04 Å². The Balaban J connectivity index is 2.83. The smallest absolute Gasteiger partial charge is 0.174 e. The first-order valence-electron chi connectivity index (χ1n) is 6.99. The fraction of sp³-hybridized carbons (Fsp3) is 0.643. The van der Waals surface area contributed by atoms with E-state index in [1.54, 1.807) is 13.3 Å². The van der Waals surface area contributed by atoms with Gasteiger partial charge in [0.15, 0.2) is 15.3 Å². The molecule has 0 bridgehead atoms. The Bertz CT molecular complexity index is 386. The maximum absolute atomic E-state index is 6.07. The van der Waals surface area contributed by atoms with Crippen LogP contribution < -0.4 is 5.73 Å². The largest absolute Gasteiger partial charge is 0.398 e. The third kappa shape index (κ3) is 5.30. The highest BCUT2D eigenvalue weighted by Crippen LogP contribution is 2.20. The molecule has 1 atom stereocenters. The van der Waals surface area contributed by atoms with Crippen LogP contribution in [0.3, 0.4) is 0 Å². The van der Waals surface area contributed by atoms with Crippen molar-refractivity contribution < 1.29 is 9.16 Å². The number of hydrogen-bond acceptors (Lipinski definition) is 4. The summed E-state index contributed by atoms with van der Waals surface area (Å²) in [5.41, 5.74) is 9.06. The maximum atomic E-state index is 6.07. The summed E-state index contributed by atoms with van der Waals surface area (Å²) >= 11 is 0. The lowest BCUT2D eigenvalue weighted by atomic mass is 10.0. The van der Waals surface area contributed by atoms with Crippen LogP contribution in [0.1, 0.15) is 31.0 Å². The molecule has 0 aliphatic heterocycles. The van der Waals surface area contributed by atoms with Crippen LogP contribution in [0.5, 0.6) is 0 Å². The van der Waals surface area contributed by atoms with Crippen LogP contribution in [0, 0.1) is 0 Å². The Kier molecular flexibility index (Phi) is 7.05. The molecule has 0 radical (unpaired) electrons. The summed E-state index contributed by atoms with van der Waals surface area (Å²) in [4.78, 5) is 4.46. The first-order valence-corrected chi connectivity index (χ1v) is 9.77. The van der Waals surface area contributed by atoms with E-state index in [0.717, 1.165) is 36.2 Å². The summed E-state index contributed by atoms with van der Waals surface area (Å²) in [6.45, 7) is 6.45. The van der Waals surface area contributed by atoms with Gasteiger partial charge in [-0.1, -0.05) is 13.3 Å². The van der Waals surface area contributed by atoms with Gasteiger partial charge in [0.2, 0.25) is 0 Å². The number of unbranched alkanes of at least 4 members (excludes halogenated alkanes) is 1. The number of pyridine rings is 1. The Labute approximate surface area is 118 Å². The van der Waals surface area contributed by atoms with Gasteiger partial charge in [-0.3, -0.25) is 4.98 Å². The predicted octanol–water partition coefficient (Wildman–Crippen LogP) is 2.52. The number of methoxy groups -OCH3 is 1. The molecule has 0 aliphatic rings. The van der Waals surface area contributed by atoms with Gasteiger partial charge in [-0.2, -0.15) is 0 Å². The van der Waals surface area contributed by atoms with Gasteiger partial charge >= 0.3 is 0 Å². The molecule has 0 fully saturated rings. The molecule has 108 valence electrons. The van der Waals surface area contributed by atoms with Gasteiger partial charge in [-0.25, -0.2) is 0 Å². The molecule has 0 saturated carbocycles. The summed E-state index contributed by atoms with van der Waals surface area (Å²) < 4.78 is 11.2. The molecular weight excluding hydrogens is 256 g/mol. The lowest BCUT2D eigenvalue weighted by Crippen LogP contribution is -2.25.